The van der Waals surface area contributed by atoms with E-state index in [1.54, 1.807) is 24.3 Å². The van der Waals surface area contributed by atoms with Crippen molar-refractivity contribution in [1.82, 2.24) is 10.6 Å². The number of carbonyl (C=O) groups is 3. The van der Waals surface area contributed by atoms with Crippen molar-refractivity contribution in [1.29, 1.82) is 0 Å². The second kappa shape index (κ2) is 14.0. The number of hydrogen-bond donors (Lipinski definition) is 4. The number of ether oxygens (including phenoxy) is 1. The van der Waals surface area contributed by atoms with Crippen LogP contribution in [0.3, 0.4) is 0 Å². The zero-order valence-electron chi connectivity index (χ0n) is 18.0. The van der Waals surface area contributed by atoms with E-state index in [0.29, 0.717) is 37.4 Å². The fourth-order valence-corrected chi connectivity index (χ4v) is 3.15. The molecule has 0 fully saturated rings. The molecule has 0 aliphatic heterocycles. The van der Waals surface area contributed by atoms with Crippen molar-refractivity contribution >= 4 is 35.2 Å². The average molecular weight is 460 g/mol. The lowest BCUT2D eigenvalue weighted by atomic mass is 10.1. The summed E-state index contributed by atoms with van der Waals surface area (Å²) in [6.07, 6.45) is 2.05. The number of carboxylic acids is 1. The van der Waals surface area contributed by atoms with Crippen LogP contribution in [0.4, 0.5) is 5.69 Å². The van der Waals surface area contributed by atoms with Gasteiger partial charge in [0, 0.05) is 18.7 Å². The molecule has 0 saturated carbocycles. The summed E-state index contributed by atoms with van der Waals surface area (Å²) in [5.41, 5.74) is 1.75. The lowest BCUT2D eigenvalue weighted by Gasteiger charge is -2.21. The molecular weight excluding hydrogens is 430 g/mol. The molecule has 1 unspecified atom stereocenters. The fourth-order valence-electron chi connectivity index (χ4n) is 2.81. The highest BCUT2D eigenvalue weighted by Gasteiger charge is 2.20. The van der Waals surface area contributed by atoms with Crippen molar-refractivity contribution < 1.29 is 24.2 Å². The molecule has 0 saturated heterocycles. The van der Waals surface area contributed by atoms with E-state index in [4.69, 9.17) is 9.84 Å². The van der Waals surface area contributed by atoms with Crippen molar-refractivity contribution in [3.8, 4) is 5.75 Å². The predicted molar refractivity (Wildman–Crippen MR) is 126 cm³/mol. The van der Waals surface area contributed by atoms with Gasteiger partial charge in [0.25, 0.3) is 5.91 Å². The SMILES string of the molecule is CSCC(=O)NC(Nc1ccc(OCCCC(=O)O)cc1)C(=O)NCCc1ccccc1. The molecule has 0 spiro atoms. The number of amides is 2. The molecule has 9 heteroatoms. The average Bonchev–Trinajstić information content (AvgIpc) is 2.78. The minimum atomic E-state index is -0.923. The molecular formula is C23H29N3O5S. The quantitative estimate of drug-likeness (QED) is 0.253. The lowest BCUT2D eigenvalue weighted by Crippen LogP contribution is -2.52. The Balaban J connectivity index is 1.91. The van der Waals surface area contributed by atoms with Gasteiger partial charge in [0.15, 0.2) is 6.17 Å². The first-order valence-corrected chi connectivity index (χ1v) is 11.7. The van der Waals surface area contributed by atoms with Gasteiger partial charge in [0.2, 0.25) is 5.91 Å². The number of benzene rings is 2. The van der Waals surface area contributed by atoms with Gasteiger partial charge < -0.3 is 25.8 Å². The number of carboxylic acid groups (broad SMARTS) is 1. The first kappa shape index (κ1) is 25.1. The van der Waals surface area contributed by atoms with Crippen LogP contribution in [0.5, 0.6) is 5.75 Å². The van der Waals surface area contributed by atoms with Crippen LogP contribution < -0.4 is 20.7 Å². The molecule has 0 heterocycles. The number of rotatable bonds is 14. The summed E-state index contributed by atoms with van der Waals surface area (Å²) >= 11 is 1.37. The minimum Gasteiger partial charge on any atom is -0.494 e. The molecule has 2 rings (SSSR count). The summed E-state index contributed by atoms with van der Waals surface area (Å²) in [5.74, 6) is -0.588. The molecule has 0 aromatic heterocycles. The third kappa shape index (κ3) is 9.74. The fraction of sp³-hybridized carbons (Fsp3) is 0.348. The lowest BCUT2D eigenvalue weighted by molar-refractivity contribution is -0.137. The molecule has 2 amide bonds. The second-order valence-electron chi connectivity index (χ2n) is 6.97. The number of carbonyl (C=O) groups excluding carboxylic acids is 2. The molecule has 0 bridgehead atoms. The van der Waals surface area contributed by atoms with Gasteiger partial charge in [-0.15, -0.1) is 0 Å². The highest BCUT2D eigenvalue weighted by molar-refractivity contribution is 7.99. The molecule has 0 aliphatic rings. The van der Waals surface area contributed by atoms with Crippen LogP contribution in [0.25, 0.3) is 0 Å². The molecule has 0 radical (unpaired) electrons. The van der Waals surface area contributed by atoms with Crippen LogP contribution in [0, 0.1) is 0 Å². The summed E-state index contributed by atoms with van der Waals surface area (Å²) in [6, 6.07) is 16.7. The smallest absolute Gasteiger partial charge is 0.303 e. The molecule has 8 nitrogen and oxygen atoms in total. The van der Waals surface area contributed by atoms with Crippen LogP contribution in [0.2, 0.25) is 0 Å². The van der Waals surface area contributed by atoms with Crippen molar-refractivity contribution in [2.45, 2.75) is 25.4 Å². The maximum absolute atomic E-state index is 12.7. The Morgan fingerprint density at radius 1 is 1.06 bits per heavy atom. The summed E-state index contributed by atoms with van der Waals surface area (Å²) in [7, 11) is 0. The molecule has 0 aliphatic carbocycles. The Morgan fingerprint density at radius 3 is 2.44 bits per heavy atom. The van der Waals surface area contributed by atoms with Crippen molar-refractivity contribution in [2.24, 2.45) is 0 Å². The number of hydrogen-bond acceptors (Lipinski definition) is 6. The highest BCUT2D eigenvalue weighted by atomic mass is 32.2. The zero-order valence-corrected chi connectivity index (χ0v) is 18.8. The van der Waals surface area contributed by atoms with E-state index in [2.05, 4.69) is 16.0 Å². The van der Waals surface area contributed by atoms with E-state index >= 15 is 0 Å². The van der Waals surface area contributed by atoms with Crippen LogP contribution in [0.15, 0.2) is 54.6 Å². The predicted octanol–water partition coefficient (Wildman–Crippen LogP) is 2.51. The van der Waals surface area contributed by atoms with E-state index in [1.807, 2.05) is 36.6 Å². The van der Waals surface area contributed by atoms with Gasteiger partial charge in [0.05, 0.1) is 12.4 Å². The Labute approximate surface area is 192 Å². The van der Waals surface area contributed by atoms with Gasteiger partial charge >= 0.3 is 5.97 Å². The van der Waals surface area contributed by atoms with E-state index < -0.39 is 12.1 Å². The summed E-state index contributed by atoms with van der Waals surface area (Å²) in [6.45, 7) is 0.749. The topological polar surface area (TPSA) is 117 Å². The molecule has 4 N–H and O–H groups in total. The Kier molecular flexibility index (Phi) is 10.9. The van der Waals surface area contributed by atoms with Gasteiger partial charge in [-0.25, -0.2) is 0 Å². The van der Waals surface area contributed by atoms with E-state index in [0.717, 1.165) is 5.56 Å². The van der Waals surface area contributed by atoms with Crippen LogP contribution >= 0.6 is 11.8 Å². The summed E-state index contributed by atoms with van der Waals surface area (Å²) < 4.78 is 5.51. The van der Waals surface area contributed by atoms with Gasteiger partial charge in [-0.2, -0.15) is 11.8 Å². The second-order valence-corrected chi connectivity index (χ2v) is 7.84. The van der Waals surface area contributed by atoms with Gasteiger partial charge in [-0.3, -0.25) is 14.4 Å². The molecule has 32 heavy (non-hydrogen) atoms. The Bertz CT molecular complexity index is 862. The van der Waals surface area contributed by atoms with E-state index in [9.17, 15) is 14.4 Å². The van der Waals surface area contributed by atoms with Gasteiger partial charge in [-0.1, -0.05) is 30.3 Å². The van der Waals surface area contributed by atoms with Gasteiger partial charge in [0.1, 0.15) is 5.75 Å². The largest absolute Gasteiger partial charge is 0.494 e. The van der Waals surface area contributed by atoms with Crippen LogP contribution in [-0.2, 0) is 20.8 Å². The van der Waals surface area contributed by atoms with Crippen LogP contribution in [-0.4, -0.2) is 54.2 Å². The number of anilines is 1. The standard InChI is InChI=1S/C23H29N3O5S/c1-32-16-20(27)26-22(23(30)24-14-13-17-6-3-2-4-7-17)25-18-9-11-19(12-10-18)31-15-5-8-21(28)29/h2-4,6-7,9-12,22,25H,5,8,13-16H2,1H3,(H,24,30)(H,26,27)(H,28,29). The number of aliphatic carboxylic acids is 1. The third-order valence-electron chi connectivity index (χ3n) is 4.37. The van der Waals surface area contributed by atoms with Crippen molar-refractivity contribution in [2.75, 3.05) is 30.5 Å². The van der Waals surface area contributed by atoms with Crippen LogP contribution in [0.1, 0.15) is 18.4 Å². The monoisotopic (exact) mass is 459 g/mol. The highest BCUT2D eigenvalue weighted by Crippen LogP contribution is 2.16. The molecule has 172 valence electrons. The number of thioether (sulfide) groups is 1. The maximum Gasteiger partial charge on any atom is 0.303 e. The van der Waals surface area contributed by atoms with E-state index in [-0.39, 0.29) is 24.0 Å². The normalized spacial score (nSPS) is 11.3. The molecule has 2 aromatic rings. The maximum atomic E-state index is 12.7. The molecule has 2 aromatic carbocycles. The van der Waals surface area contributed by atoms with E-state index in [1.165, 1.54) is 11.8 Å². The van der Waals surface area contributed by atoms with Crippen molar-refractivity contribution in [3.63, 3.8) is 0 Å². The summed E-state index contributed by atoms with van der Waals surface area (Å²) in [5, 5.41) is 17.3. The zero-order chi connectivity index (χ0) is 23.2. The minimum absolute atomic E-state index is 0.0520. The molecule has 1 atom stereocenters. The first-order chi connectivity index (χ1) is 15.5. The number of nitrogens with one attached hydrogen (secondary N) is 3. The Morgan fingerprint density at radius 2 is 1.78 bits per heavy atom. The van der Waals surface area contributed by atoms with Crippen molar-refractivity contribution in [3.05, 3.63) is 60.2 Å². The first-order valence-electron chi connectivity index (χ1n) is 10.3. The third-order valence-corrected chi connectivity index (χ3v) is 4.92. The van der Waals surface area contributed by atoms with Gasteiger partial charge in [-0.05, 0) is 48.9 Å². The summed E-state index contributed by atoms with van der Waals surface area (Å²) in [4.78, 5) is 35.3. The Hall–Kier alpha value is -3.20.